The van der Waals surface area contributed by atoms with Crippen molar-refractivity contribution in [3.05, 3.63) is 63.7 Å². The minimum atomic E-state index is -0.630. The van der Waals surface area contributed by atoms with E-state index in [0.29, 0.717) is 10.9 Å². The third kappa shape index (κ3) is 2.91. The maximum Gasteiger partial charge on any atom is 0.270 e. The van der Waals surface area contributed by atoms with Crippen LogP contribution in [0.1, 0.15) is 5.56 Å². The normalized spacial score (nSPS) is 11.4. The summed E-state index contributed by atoms with van der Waals surface area (Å²) in [5.41, 5.74) is 0.257. The molecule has 3 rings (SSSR count). The quantitative estimate of drug-likeness (QED) is 0.422. The first-order chi connectivity index (χ1) is 11.5. The predicted octanol–water partition coefficient (Wildman–Crippen LogP) is 4.34. The van der Waals surface area contributed by atoms with E-state index in [9.17, 15) is 24.0 Å². The molecule has 0 amide bonds. The molecule has 0 aliphatic carbocycles. The third-order valence-electron chi connectivity index (χ3n) is 3.37. The van der Waals surface area contributed by atoms with Crippen LogP contribution < -0.4 is 0 Å². The van der Waals surface area contributed by atoms with Crippen LogP contribution in [0.3, 0.4) is 0 Å². The van der Waals surface area contributed by atoms with E-state index in [1.165, 1.54) is 18.2 Å². The Labute approximate surface area is 133 Å². The molecule has 9 heteroatoms. The number of non-ortho nitro benzene ring substituents is 1. The summed E-state index contributed by atoms with van der Waals surface area (Å²) in [6, 6.07) is 6.91. The number of nitro groups is 1. The fourth-order valence-electron chi connectivity index (χ4n) is 2.21. The Balaban J connectivity index is 1.94. The highest BCUT2D eigenvalue weighted by Gasteiger charge is 2.15. The number of azo groups is 1. The molecule has 2 N–H and O–H groups in total. The molecule has 1 aromatic heterocycles. The fourth-order valence-corrected chi connectivity index (χ4v) is 2.21. The van der Waals surface area contributed by atoms with E-state index < -0.39 is 16.6 Å². The molecular weight excluding hydrogens is 322 g/mol. The van der Waals surface area contributed by atoms with E-state index in [2.05, 4.69) is 15.2 Å². The summed E-state index contributed by atoms with van der Waals surface area (Å²) in [4.78, 5) is 12.9. The molecule has 0 unspecified atom stereocenters. The van der Waals surface area contributed by atoms with Crippen LogP contribution in [0, 0.1) is 21.7 Å². The first-order valence-electron chi connectivity index (χ1n) is 6.76. The molecule has 0 saturated carbocycles. The van der Waals surface area contributed by atoms with Crippen molar-refractivity contribution in [1.82, 2.24) is 4.98 Å². The molecular formula is C15H10F2N4O3. The molecule has 0 aliphatic rings. The number of rotatable bonds is 4. The molecule has 1 heterocycles. The summed E-state index contributed by atoms with van der Waals surface area (Å²) in [6.45, 7) is -0.245. The Bertz CT molecular complexity index is 969. The van der Waals surface area contributed by atoms with Gasteiger partial charge in [0.25, 0.3) is 5.69 Å². The molecule has 7 nitrogen and oxygen atoms in total. The Kier molecular flexibility index (Phi) is 3.90. The molecule has 0 saturated heterocycles. The average Bonchev–Trinajstić information content (AvgIpc) is 2.85. The Hall–Kier alpha value is -3.36. The van der Waals surface area contributed by atoms with E-state index in [4.69, 9.17) is 0 Å². The maximum absolute atomic E-state index is 13.5. The van der Waals surface area contributed by atoms with Gasteiger partial charge in [0.2, 0.25) is 5.88 Å². The lowest BCUT2D eigenvalue weighted by Crippen LogP contribution is -1.89. The van der Waals surface area contributed by atoms with Crippen molar-refractivity contribution in [3.63, 3.8) is 0 Å². The Morgan fingerprint density at radius 1 is 1.21 bits per heavy atom. The summed E-state index contributed by atoms with van der Waals surface area (Å²) in [7, 11) is 0. The molecule has 3 aromatic rings. The van der Waals surface area contributed by atoms with E-state index in [-0.39, 0.29) is 29.4 Å². The second-order valence-electron chi connectivity index (χ2n) is 4.94. The standard InChI is InChI=1S/C15H10F2N4O3/c16-9-1-3-12(17)8(5-9)7-18-20-14-11-6-10(21(23)24)2-4-13(11)19-15(14)22/h1-6,19,22H,7H2. The molecule has 0 bridgehead atoms. The van der Waals surface area contributed by atoms with Crippen molar-refractivity contribution in [2.75, 3.05) is 0 Å². The summed E-state index contributed by atoms with van der Waals surface area (Å²) in [5, 5.41) is 28.5. The molecule has 0 fully saturated rings. The van der Waals surface area contributed by atoms with Crippen LogP contribution >= 0.6 is 0 Å². The SMILES string of the molecule is O=[N+]([O-])c1ccc2[nH]c(O)c(N=NCc3cc(F)ccc3F)c2c1. The summed E-state index contributed by atoms with van der Waals surface area (Å²) >= 11 is 0. The zero-order valence-corrected chi connectivity index (χ0v) is 12.0. The van der Waals surface area contributed by atoms with Crippen molar-refractivity contribution >= 4 is 22.3 Å². The fraction of sp³-hybridized carbons (Fsp3) is 0.0667. The number of hydrogen-bond acceptors (Lipinski definition) is 5. The molecule has 24 heavy (non-hydrogen) atoms. The van der Waals surface area contributed by atoms with Gasteiger partial charge in [0.05, 0.1) is 17.0 Å². The van der Waals surface area contributed by atoms with Gasteiger partial charge in [-0.25, -0.2) is 8.78 Å². The van der Waals surface area contributed by atoms with Crippen molar-refractivity contribution < 1.29 is 18.8 Å². The Morgan fingerprint density at radius 2 is 2.00 bits per heavy atom. The van der Waals surface area contributed by atoms with Gasteiger partial charge >= 0.3 is 0 Å². The lowest BCUT2D eigenvalue weighted by atomic mass is 10.2. The molecule has 0 radical (unpaired) electrons. The van der Waals surface area contributed by atoms with Gasteiger partial charge in [-0.3, -0.25) is 10.1 Å². The van der Waals surface area contributed by atoms with Gasteiger partial charge in [-0.05, 0) is 24.3 Å². The summed E-state index contributed by atoms with van der Waals surface area (Å²) in [5.74, 6) is -1.56. The summed E-state index contributed by atoms with van der Waals surface area (Å²) < 4.78 is 26.6. The van der Waals surface area contributed by atoms with Crippen molar-refractivity contribution in [2.24, 2.45) is 10.2 Å². The number of aromatic amines is 1. The average molecular weight is 332 g/mol. The first kappa shape index (κ1) is 15.5. The minimum absolute atomic E-state index is 0.00376. The number of nitrogens with one attached hydrogen (secondary N) is 1. The molecule has 2 aromatic carbocycles. The third-order valence-corrected chi connectivity index (χ3v) is 3.37. The number of fused-ring (bicyclic) bond motifs is 1. The van der Waals surface area contributed by atoms with Crippen LogP contribution in [0.5, 0.6) is 5.88 Å². The van der Waals surface area contributed by atoms with Gasteiger partial charge in [-0.15, -0.1) is 5.11 Å². The lowest BCUT2D eigenvalue weighted by molar-refractivity contribution is -0.384. The van der Waals surface area contributed by atoms with Crippen LogP contribution in [0.15, 0.2) is 46.6 Å². The molecule has 122 valence electrons. The zero-order valence-electron chi connectivity index (χ0n) is 12.0. The maximum atomic E-state index is 13.5. The van der Waals surface area contributed by atoms with Crippen LogP contribution in [0.2, 0.25) is 0 Å². The van der Waals surface area contributed by atoms with E-state index in [1.54, 1.807) is 0 Å². The van der Waals surface area contributed by atoms with Crippen LogP contribution in [-0.2, 0) is 6.54 Å². The van der Waals surface area contributed by atoms with Gasteiger partial charge in [0.15, 0.2) is 5.69 Å². The lowest BCUT2D eigenvalue weighted by Gasteiger charge is -1.98. The Morgan fingerprint density at radius 3 is 2.75 bits per heavy atom. The molecule has 0 aliphatic heterocycles. The van der Waals surface area contributed by atoms with Crippen LogP contribution in [0.25, 0.3) is 10.9 Å². The molecule has 0 spiro atoms. The number of aromatic hydroxyl groups is 1. The minimum Gasteiger partial charge on any atom is -0.493 e. The number of H-pyrrole nitrogens is 1. The number of halogens is 2. The van der Waals surface area contributed by atoms with Gasteiger partial charge in [0.1, 0.15) is 11.6 Å². The van der Waals surface area contributed by atoms with Crippen LogP contribution in [0.4, 0.5) is 20.2 Å². The number of hydrogen-bond donors (Lipinski definition) is 2. The van der Waals surface area contributed by atoms with Gasteiger partial charge in [-0.1, -0.05) is 0 Å². The van der Waals surface area contributed by atoms with Gasteiger partial charge in [0, 0.05) is 23.1 Å². The second-order valence-corrected chi connectivity index (χ2v) is 4.94. The van der Waals surface area contributed by atoms with E-state index >= 15 is 0 Å². The van der Waals surface area contributed by atoms with E-state index in [0.717, 1.165) is 18.2 Å². The van der Waals surface area contributed by atoms with Crippen molar-refractivity contribution in [1.29, 1.82) is 0 Å². The van der Waals surface area contributed by atoms with Crippen molar-refractivity contribution in [3.8, 4) is 5.88 Å². The summed E-state index contributed by atoms with van der Waals surface area (Å²) in [6.07, 6.45) is 0. The smallest absolute Gasteiger partial charge is 0.270 e. The largest absolute Gasteiger partial charge is 0.493 e. The molecule has 0 atom stereocenters. The highest BCUT2D eigenvalue weighted by Crippen LogP contribution is 2.37. The van der Waals surface area contributed by atoms with Crippen molar-refractivity contribution in [2.45, 2.75) is 6.54 Å². The predicted molar refractivity (Wildman–Crippen MR) is 81.2 cm³/mol. The number of benzene rings is 2. The van der Waals surface area contributed by atoms with E-state index in [1.807, 2.05) is 0 Å². The highest BCUT2D eigenvalue weighted by atomic mass is 19.1. The van der Waals surface area contributed by atoms with Gasteiger partial charge in [-0.2, -0.15) is 5.11 Å². The zero-order chi connectivity index (χ0) is 17.3. The number of aromatic nitrogens is 1. The number of nitro benzene ring substituents is 1. The second kappa shape index (κ2) is 6.03. The number of nitrogens with zero attached hydrogens (tertiary/aromatic N) is 3. The first-order valence-corrected chi connectivity index (χ1v) is 6.76. The topological polar surface area (TPSA) is 104 Å². The monoisotopic (exact) mass is 332 g/mol. The van der Waals surface area contributed by atoms with Gasteiger partial charge < -0.3 is 10.1 Å². The van der Waals surface area contributed by atoms with Crippen LogP contribution in [-0.4, -0.2) is 15.0 Å². The highest BCUT2D eigenvalue weighted by molar-refractivity contribution is 5.95.